The van der Waals surface area contributed by atoms with Crippen molar-refractivity contribution in [2.45, 2.75) is 168 Å². The molecule has 0 bridgehead atoms. The van der Waals surface area contributed by atoms with Gasteiger partial charge in [-0.3, -0.25) is 0 Å². The number of nitrogens with zero attached hydrogens (tertiary/aromatic N) is 6. The van der Waals surface area contributed by atoms with Gasteiger partial charge < -0.3 is 78.3 Å². The van der Waals surface area contributed by atoms with Crippen LogP contribution in [0.1, 0.15) is 230 Å². The summed E-state index contributed by atoms with van der Waals surface area (Å²) in [5, 5.41) is 0. The lowest BCUT2D eigenvalue weighted by atomic mass is 10.2. The van der Waals surface area contributed by atoms with E-state index in [4.69, 9.17) is 28.4 Å². The predicted octanol–water partition coefficient (Wildman–Crippen LogP) is 19.4. The molecule has 8 N–H and O–H groups in total. The molecule has 0 radical (unpaired) electrons. The minimum atomic E-state index is -0.246. The second-order valence-electron chi connectivity index (χ2n) is 31.1. The number of likely N-dealkylation sites (N-methyl/N-ethyl adjacent to an activating group) is 6. The van der Waals surface area contributed by atoms with Crippen LogP contribution in [0, 0.1) is 0 Å². The van der Waals surface area contributed by atoms with E-state index in [-0.39, 0.29) is 35.8 Å². The summed E-state index contributed by atoms with van der Waals surface area (Å²) in [6.45, 7) is 58.6. The third-order valence-electron chi connectivity index (χ3n) is 21.9. The Bertz CT molecular complexity index is 3290. The standard InChI is InChI=1S/2C18H30NO2.2C17H28NO2.C15H24NO2.C12H18NO2.2CH3Br.4CH5N/c2*1-4-7-14-19(6-3,13-5-2)15-16-21-18(20)17-11-9-8-10-12-17;2*1-4-12-18(6-3,13-5-2)14-15-20-17(19)16-10-8-7-9-11-16;1-4-16(5-2,6-3)12-13-18-15(17)14-10-8-7-9-11-14;1-13(2,3)9-10-15-12(14)11-7-5-4-6-8-11;6*1-2/h2*8-12H,4-7,13-16H2,1-3H3;2*7-11H,4-6,12-15H2,1-3H3;7-11H,4-6,12-13H2,1-3H3;4-8H,9-10H2,1-3H3;2*1H3;4*2H2,1H3/q6*+1;;;;;;. The first-order valence-electron chi connectivity index (χ1n) is 46.8. The Morgan fingerprint density at radius 1 is 0.213 bits per heavy atom. The van der Waals surface area contributed by atoms with Crippen LogP contribution < -0.4 is 22.9 Å². The molecular formula is C103H184Br2N10O12+6. The van der Waals surface area contributed by atoms with Crippen molar-refractivity contribution in [1.82, 2.24) is 0 Å². The average Bonchev–Trinajstić information content (AvgIpc) is 0.878. The molecule has 0 aliphatic heterocycles. The maximum absolute atomic E-state index is 12.0. The van der Waals surface area contributed by atoms with Crippen LogP contribution in [0.25, 0.3) is 0 Å². The summed E-state index contributed by atoms with van der Waals surface area (Å²) in [6, 6.07) is 55.1. The normalized spacial score (nSPS) is 11.3. The third kappa shape index (κ3) is 61.8. The van der Waals surface area contributed by atoms with Gasteiger partial charge in [0.05, 0.1) is 153 Å². The van der Waals surface area contributed by atoms with Gasteiger partial charge in [0.2, 0.25) is 0 Å². The third-order valence-corrected chi connectivity index (χ3v) is 21.9. The average molecular weight is 1910 g/mol. The highest BCUT2D eigenvalue weighted by Crippen LogP contribution is 2.17. The fourth-order valence-electron chi connectivity index (χ4n) is 14.2. The fraction of sp³-hybridized carbons (Fsp3) is 0.592. The zero-order valence-electron chi connectivity index (χ0n) is 84.1. The van der Waals surface area contributed by atoms with Gasteiger partial charge in [-0.25, -0.2) is 28.8 Å². The number of carbonyl (C=O) groups is 6. The summed E-state index contributed by atoms with van der Waals surface area (Å²) in [6.07, 6.45) is 11.9. The van der Waals surface area contributed by atoms with E-state index in [2.05, 4.69) is 180 Å². The van der Waals surface area contributed by atoms with E-state index in [0.29, 0.717) is 73.0 Å². The Hall–Kier alpha value is -7.30. The molecule has 6 aromatic carbocycles. The van der Waals surface area contributed by atoms with Gasteiger partial charge in [-0.05, 0) is 212 Å². The molecule has 0 saturated heterocycles. The number of hydrogen-bond acceptors (Lipinski definition) is 16. The molecule has 0 heterocycles. The highest BCUT2D eigenvalue weighted by molar-refractivity contribution is 9.09. The predicted molar refractivity (Wildman–Crippen MR) is 543 cm³/mol. The first kappa shape index (κ1) is 130. The van der Waals surface area contributed by atoms with Crippen molar-refractivity contribution in [1.29, 1.82) is 0 Å². The summed E-state index contributed by atoms with van der Waals surface area (Å²) in [4.78, 5) is 71.0. The van der Waals surface area contributed by atoms with Crippen molar-refractivity contribution < 1.29 is 84.1 Å². The monoisotopic (exact) mass is 1910 g/mol. The zero-order chi connectivity index (χ0) is 97.5. The van der Waals surface area contributed by atoms with Crippen LogP contribution in [-0.2, 0) is 28.4 Å². The Labute approximate surface area is 791 Å². The molecule has 0 saturated carbocycles. The lowest BCUT2D eigenvalue weighted by Gasteiger charge is -2.37. The molecule has 6 aromatic rings. The maximum Gasteiger partial charge on any atom is 0.338 e. The topological polar surface area (TPSA) is 262 Å². The van der Waals surface area contributed by atoms with Crippen molar-refractivity contribution in [2.75, 3.05) is 238 Å². The molecule has 2 unspecified atom stereocenters. The summed E-state index contributed by atoms with van der Waals surface area (Å²) in [5.41, 5.74) is 21.8. The molecule has 127 heavy (non-hydrogen) atoms. The number of ether oxygens (including phenoxy) is 6. The first-order chi connectivity index (χ1) is 61.3. The lowest BCUT2D eigenvalue weighted by Crippen LogP contribution is -2.51. The molecule has 0 spiro atoms. The van der Waals surface area contributed by atoms with Crippen LogP contribution in [0.15, 0.2) is 182 Å². The van der Waals surface area contributed by atoms with Gasteiger partial charge in [0.15, 0.2) is 0 Å². The number of esters is 6. The molecule has 2 atom stereocenters. The maximum atomic E-state index is 12.0. The second kappa shape index (κ2) is 86.7. The summed E-state index contributed by atoms with van der Waals surface area (Å²) < 4.78 is 38.3. The number of hydrogen-bond donors (Lipinski definition) is 4. The molecule has 0 aromatic heterocycles. The molecule has 0 aliphatic rings. The van der Waals surface area contributed by atoms with Gasteiger partial charge in [-0.15, -0.1) is 0 Å². The van der Waals surface area contributed by atoms with Crippen LogP contribution in [-0.4, -0.2) is 301 Å². The Morgan fingerprint density at radius 3 is 0.488 bits per heavy atom. The van der Waals surface area contributed by atoms with Crippen molar-refractivity contribution in [3.8, 4) is 0 Å². The Balaban J connectivity index is -0.000000338. The summed E-state index contributed by atoms with van der Waals surface area (Å²) in [7, 11) is 12.2. The number of nitrogens with two attached hydrogens (primary N) is 4. The van der Waals surface area contributed by atoms with Crippen molar-refractivity contribution in [3.05, 3.63) is 215 Å². The molecule has 0 aliphatic carbocycles. The first-order valence-corrected chi connectivity index (χ1v) is 50.0. The van der Waals surface area contributed by atoms with Gasteiger partial charge in [-0.2, -0.15) is 0 Å². The zero-order valence-corrected chi connectivity index (χ0v) is 87.3. The van der Waals surface area contributed by atoms with E-state index in [9.17, 15) is 28.8 Å². The van der Waals surface area contributed by atoms with Gasteiger partial charge in [0.1, 0.15) is 78.9 Å². The van der Waals surface area contributed by atoms with Crippen molar-refractivity contribution in [3.63, 3.8) is 0 Å². The van der Waals surface area contributed by atoms with Crippen LogP contribution in [0.2, 0.25) is 0 Å². The smallest absolute Gasteiger partial charge is 0.338 e. The SMILES string of the molecule is CBr.CBr.CCCC[N+](CC)(CCC)CCOC(=O)c1ccccc1.CCCC[N+](CC)(CCC)CCOC(=O)c1ccccc1.CCC[N+](CC)(CCC)CCOC(=O)c1ccccc1.CCC[N+](CC)(CCC)CCOC(=O)c1ccccc1.CC[N+](CC)(CC)CCOC(=O)c1ccccc1.CN.CN.CN.CN.C[N+](C)(C)CCOC(=O)c1ccccc1. The second-order valence-corrected chi connectivity index (χ2v) is 31.1. The minimum Gasteiger partial charge on any atom is -0.456 e. The lowest BCUT2D eigenvalue weighted by molar-refractivity contribution is -0.926. The molecule has 0 amide bonds. The highest BCUT2D eigenvalue weighted by Gasteiger charge is 2.29. The molecule has 22 nitrogen and oxygen atoms in total. The number of carbonyl (C=O) groups excluding carboxylic acids is 6. The number of halogens is 2. The number of quaternary nitrogens is 6. The molecule has 726 valence electrons. The van der Waals surface area contributed by atoms with E-state index in [1.807, 2.05) is 121 Å². The molecular weight excluding hydrogens is 1730 g/mol. The van der Waals surface area contributed by atoms with Crippen LogP contribution in [0.4, 0.5) is 0 Å². The van der Waals surface area contributed by atoms with Gasteiger partial charge in [0.25, 0.3) is 0 Å². The number of benzene rings is 6. The summed E-state index contributed by atoms with van der Waals surface area (Å²) in [5.74, 6) is 2.30. The minimum absolute atomic E-state index is 0.211. The van der Waals surface area contributed by atoms with E-state index < -0.39 is 0 Å². The Morgan fingerprint density at radius 2 is 0.354 bits per heavy atom. The quantitative estimate of drug-likeness (QED) is 0.0120. The Kier molecular flexibility index (Phi) is 89.1. The highest BCUT2D eigenvalue weighted by atomic mass is 79.9. The van der Waals surface area contributed by atoms with E-state index in [1.54, 1.807) is 72.8 Å². The van der Waals surface area contributed by atoms with Crippen molar-refractivity contribution >= 4 is 67.7 Å². The number of rotatable bonds is 49. The van der Waals surface area contributed by atoms with E-state index in [1.165, 1.54) is 119 Å². The van der Waals surface area contributed by atoms with Gasteiger partial charge in [0, 0.05) is 0 Å². The van der Waals surface area contributed by atoms with Crippen molar-refractivity contribution in [2.24, 2.45) is 22.9 Å². The summed E-state index contributed by atoms with van der Waals surface area (Å²) >= 11 is 5.88. The molecule has 24 heteroatoms. The molecule has 6 rings (SSSR count). The van der Waals surface area contributed by atoms with Crippen LogP contribution in [0.5, 0.6) is 0 Å². The fourth-order valence-corrected chi connectivity index (χ4v) is 14.2. The van der Waals surface area contributed by atoms with Crippen LogP contribution >= 0.6 is 31.9 Å². The largest absolute Gasteiger partial charge is 0.456 e. The molecule has 0 fully saturated rings. The van der Waals surface area contributed by atoms with Gasteiger partial charge in [-0.1, -0.05) is 209 Å². The van der Waals surface area contributed by atoms with E-state index in [0.717, 1.165) is 138 Å². The number of unbranched alkanes of at least 4 members (excludes halogenated alkanes) is 2. The number of alkyl halides is 2. The van der Waals surface area contributed by atoms with Gasteiger partial charge >= 0.3 is 35.8 Å². The van der Waals surface area contributed by atoms with Crippen LogP contribution in [0.3, 0.4) is 0 Å². The van der Waals surface area contributed by atoms with E-state index >= 15 is 0 Å².